The number of hydrogen-bond donors (Lipinski definition) is 1. The fourth-order valence-electron chi connectivity index (χ4n) is 8.41. The number of ether oxygens (including phenoxy) is 2. The molecule has 0 unspecified atom stereocenters. The summed E-state index contributed by atoms with van der Waals surface area (Å²) in [5.41, 5.74) is -1.29. The number of imidazole rings is 1. The highest BCUT2D eigenvalue weighted by atomic mass is 32.2. The minimum Gasteiger partial charge on any atom is -0.469 e. The average Bonchev–Trinajstić information content (AvgIpc) is 3.93. The molecular weight excluding hydrogens is 877 g/mol. The second kappa shape index (κ2) is 17.0. The van der Waals surface area contributed by atoms with Gasteiger partial charge in [-0.15, -0.1) is 5.10 Å². The maximum absolute atomic E-state index is 17.2. The van der Waals surface area contributed by atoms with Crippen LogP contribution in [0.15, 0.2) is 70.6 Å². The maximum atomic E-state index is 17.2. The van der Waals surface area contributed by atoms with E-state index in [1.807, 2.05) is 0 Å². The summed E-state index contributed by atoms with van der Waals surface area (Å²) in [6.45, 7) is 17.5. The fraction of sp³-hybridized carbons (Fsp3) is 0.457. The van der Waals surface area contributed by atoms with E-state index in [-0.39, 0.29) is 73.6 Å². The van der Waals surface area contributed by atoms with Gasteiger partial charge in [-0.05, 0) is 81.4 Å². The van der Waals surface area contributed by atoms with E-state index in [0.717, 1.165) is 3.97 Å². The van der Waals surface area contributed by atoms with Gasteiger partial charge in [0.25, 0.3) is 10.0 Å². The Hall–Kier alpha value is -5.66. The summed E-state index contributed by atoms with van der Waals surface area (Å²) < 4.78 is 86.3. The predicted molar refractivity (Wildman–Crippen MR) is 246 cm³/mol. The van der Waals surface area contributed by atoms with Gasteiger partial charge >= 0.3 is 17.8 Å². The Balaban J connectivity index is 1.58. The minimum atomic E-state index is -4.67. The first kappa shape index (κ1) is 47.3. The van der Waals surface area contributed by atoms with E-state index >= 15 is 17.2 Å². The molecule has 0 aliphatic heterocycles. The van der Waals surface area contributed by atoms with Crippen molar-refractivity contribution in [2.75, 3.05) is 7.11 Å². The Morgan fingerprint density at radius 2 is 1.68 bits per heavy atom. The average molecular weight is 934 g/mol. The van der Waals surface area contributed by atoms with E-state index in [2.05, 4.69) is 44.3 Å². The summed E-state index contributed by atoms with van der Waals surface area (Å²) in [6, 6.07) is 10.5. The molecule has 1 amide bonds. The van der Waals surface area contributed by atoms with Crippen molar-refractivity contribution in [1.82, 2.24) is 33.2 Å². The third kappa shape index (κ3) is 8.77. The highest BCUT2D eigenvalue weighted by Crippen LogP contribution is 2.48. The van der Waals surface area contributed by atoms with Gasteiger partial charge in [-0.3, -0.25) is 18.6 Å². The number of pyridine rings is 1. The van der Waals surface area contributed by atoms with Crippen LogP contribution in [0.5, 0.6) is 0 Å². The van der Waals surface area contributed by atoms with Gasteiger partial charge in [0.15, 0.2) is 14.0 Å². The van der Waals surface area contributed by atoms with Crippen molar-refractivity contribution < 1.29 is 40.7 Å². The number of rotatable bonds is 11. The second-order valence-corrected chi connectivity index (χ2v) is 26.0. The van der Waals surface area contributed by atoms with Gasteiger partial charge in [0.05, 0.1) is 64.4 Å². The molecule has 7 rings (SSSR count). The standard InChI is InChI=1S/C46H57F2N7O8SSi/c1-26(20-36(56)61-10)27-18-19-30(32(47)21-27)37-38-40-34(24-49-42(38)55(39(37)31-25-52(8)51-41(31)48)64(59,60)29-16-14-13-15-17-29)53(9)44(58)54(40)28-22-33(50-43(57)62-45(2,3)4)35(23-28)63-65(11,12)46(5,6)7/h13-19,21,24-26,28,33,35H,20,22-23H2,1-12H3,(H,50,57)/t26-,28+,33+,35-/m1/s1. The van der Waals surface area contributed by atoms with E-state index < -0.39 is 77.6 Å². The third-order valence-electron chi connectivity index (χ3n) is 12.6. The number of aryl methyl sites for hydroxylation is 2. The Morgan fingerprint density at radius 1 is 1.00 bits per heavy atom. The lowest BCUT2D eigenvalue weighted by Gasteiger charge is -2.40. The number of aromatic nitrogens is 6. The third-order valence-corrected chi connectivity index (χ3v) is 18.8. The number of hydrogen-bond acceptors (Lipinski definition) is 10. The Labute approximate surface area is 377 Å². The highest BCUT2D eigenvalue weighted by Gasteiger charge is 2.46. The van der Waals surface area contributed by atoms with Gasteiger partial charge in [-0.2, -0.15) is 4.39 Å². The monoisotopic (exact) mass is 933 g/mol. The van der Waals surface area contributed by atoms with Crippen molar-refractivity contribution >= 4 is 52.5 Å². The molecule has 1 fully saturated rings. The molecule has 348 valence electrons. The van der Waals surface area contributed by atoms with Crippen LogP contribution >= 0.6 is 0 Å². The summed E-state index contributed by atoms with van der Waals surface area (Å²) in [7, 11) is -2.88. The highest BCUT2D eigenvalue weighted by molar-refractivity contribution is 7.90. The first-order valence-electron chi connectivity index (χ1n) is 21.4. The smallest absolute Gasteiger partial charge is 0.407 e. The molecule has 6 aromatic rings. The molecule has 1 aliphatic rings. The number of halogens is 2. The van der Waals surface area contributed by atoms with E-state index in [0.29, 0.717) is 5.56 Å². The molecule has 65 heavy (non-hydrogen) atoms. The van der Waals surface area contributed by atoms with Crippen molar-refractivity contribution in [3.05, 3.63) is 88.7 Å². The Morgan fingerprint density at radius 3 is 2.26 bits per heavy atom. The van der Waals surface area contributed by atoms with Crippen LogP contribution in [0, 0.1) is 11.8 Å². The number of nitrogens with zero attached hydrogens (tertiary/aromatic N) is 6. The van der Waals surface area contributed by atoms with E-state index in [1.54, 1.807) is 59.0 Å². The Kier molecular flexibility index (Phi) is 12.3. The Bertz CT molecular complexity index is 3000. The van der Waals surface area contributed by atoms with Gasteiger partial charge in [0.2, 0.25) is 5.95 Å². The molecule has 1 aliphatic carbocycles. The zero-order valence-electron chi connectivity index (χ0n) is 38.8. The molecule has 0 saturated heterocycles. The lowest BCUT2D eigenvalue weighted by atomic mass is 9.93. The fourth-order valence-corrected chi connectivity index (χ4v) is 11.3. The number of carbonyl (C=O) groups is 2. The van der Waals surface area contributed by atoms with Crippen molar-refractivity contribution in [3.8, 4) is 22.4 Å². The molecule has 15 nitrogen and oxygen atoms in total. The van der Waals surface area contributed by atoms with E-state index in [9.17, 15) is 14.4 Å². The van der Waals surface area contributed by atoms with Gasteiger partial charge in [-0.1, -0.05) is 58.0 Å². The van der Waals surface area contributed by atoms with Gasteiger partial charge in [-0.25, -0.2) is 31.4 Å². The number of benzene rings is 2. The summed E-state index contributed by atoms with van der Waals surface area (Å²) in [6.07, 6.45) is 1.86. The molecule has 2 aromatic carbocycles. The molecule has 0 bridgehead atoms. The van der Waals surface area contributed by atoms with Crippen LogP contribution in [0.25, 0.3) is 44.5 Å². The van der Waals surface area contributed by atoms with E-state index in [4.69, 9.17) is 18.9 Å². The number of carbonyl (C=O) groups excluding carboxylic acids is 2. The first-order valence-corrected chi connectivity index (χ1v) is 25.8. The van der Waals surface area contributed by atoms with Crippen LogP contribution in [-0.4, -0.2) is 81.5 Å². The van der Waals surface area contributed by atoms with Crippen LogP contribution in [0.1, 0.15) is 85.3 Å². The van der Waals surface area contributed by atoms with Crippen molar-refractivity contribution in [3.63, 3.8) is 0 Å². The molecule has 4 atom stereocenters. The van der Waals surface area contributed by atoms with Crippen LogP contribution in [0.3, 0.4) is 0 Å². The zero-order chi connectivity index (χ0) is 47.7. The summed E-state index contributed by atoms with van der Waals surface area (Å²) in [5, 5.41) is 6.78. The summed E-state index contributed by atoms with van der Waals surface area (Å²) in [5.74, 6) is -2.81. The number of nitrogens with one attached hydrogen (secondary N) is 1. The van der Waals surface area contributed by atoms with Crippen LogP contribution in [0.2, 0.25) is 18.1 Å². The lowest BCUT2D eigenvalue weighted by Crippen LogP contribution is -2.50. The molecule has 4 aromatic heterocycles. The molecule has 1 N–H and O–H groups in total. The first-order chi connectivity index (χ1) is 30.3. The molecule has 4 heterocycles. The second-order valence-electron chi connectivity index (χ2n) is 19.4. The number of fused-ring (bicyclic) bond motifs is 3. The van der Waals surface area contributed by atoms with Crippen molar-refractivity contribution in [1.29, 1.82) is 0 Å². The van der Waals surface area contributed by atoms with Gasteiger partial charge in [0.1, 0.15) is 11.4 Å². The SMILES string of the molecule is COC(=O)C[C@@H](C)c1ccc(-c2c(-c3cn(C)nc3F)n(S(=O)(=O)c3ccccc3)c3ncc4c(c23)n([C@H]2C[C@H](NC(=O)OC(C)(C)C)[C@H](O[Si](C)(C)C(C)(C)C)C2)c(=O)n4C)c(F)c1. The number of alkyl carbamates (subject to hydrolysis) is 1. The van der Waals surface area contributed by atoms with Gasteiger partial charge in [0, 0.05) is 37.5 Å². The van der Waals surface area contributed by atoms with Crippen LogP contribution < -0.4 is 11.0 Å². The molecular formula is C46H57F2N7O8SSi. The minimum absolute atomic E-state index is 0.0395. The number of amides is 1. The van der Waals surface area contributed by atoms with Gasteiger partial charge < -0.3 is 19.2 Å². The molecule has 19 heteroatoms. The van der Waals surface area contributed by atoms with Crippen molar-refractivity contribution in [2.24, 2.45) is 14.1 Å². The van der Waals surface area contributed by atoms with Crippen molar-refractivity contribution in [2.45, 2.75) is 120 Å². The lowest BCUT2D eigenvalue weighted by molar-refractivity contribution is -0.141. The largest absolute Gasteiger partial charge is 0.469 e. The van der Waals surface area contributed by atoms with Crippen LogP contribution in [-0.2, 0) is 42.8 Å². The van der Waals surface area contributed by atoms with Crippen LogP contribution in [0.4, 0.5) is 13.6 Å². The number of methoxy groups -OCH3 is 1. The predicted octanol–water partition coefficient (Wildman–Crippen LogP) is 8.56. The summed E-state index contributed by atoms with van der Waals surface area (Å²) in [4.78, 5) is 45.0. The summed E-state index contributed by atoms with van der Waals surface area (Å²) >= 11 is 0. The number of esters is 1. The van der Waals surface area contributed by atoms with E-state index in [1.165, 1.54) is 64.6 Å². The molecule has 1 saturated carbocycles. The normalized spacial score (nSPS) is 17.8. The topological polar surface area (TPSA) is 171 Å². The molecule has 0 spiro atoms. The zero-order valence-corrected chi connectivity index (χ0v) is 40.6. The quantitative estimate of drug-likeness (QED) is 0.0981. The maximum Gasteiger partial charge on any atom is 0.407 e. The molecule has 0 radical (unpaired) electrons.